The summed E-state index contributed by atoms with van der Waals surface area (Å²) in [6.07, 6.45) is 2.21. The van der Waals surface area contributed by atoms with Gasteiger partial charge < -0.3 is 10.6 Å². The number of benzene rings is 1. The molecule has 96 valence electrons. The first-order chi connectivity index (χ1) is 8.60. The summed E-state index contributed by atoms with van der Waals surface area (Å²) in [7, 11) is 0. The fraction of sp³-hybridized carbons (Fsp3) is 0.385. The summed E-state index contributed by atoms with van der Waals surface area (Å²) >= 11 is 0. The van der Waals surface area contributed by atoms with E-state index in [1.807, 2.05) is 4.90 Å². The van der Waals surface area contributed by atoms with Crippen molar-refractivity contribution in [2.24, 2.45) is 11.7 Å². The summed E-state index contributed by atoms with van der Waals surface area (Å²) in [5, 5.41) is 0. The van der Waals surface area contributed by atoms with Gasteiger partial charge in [0.05, 0.1) is 5.92 Å². The van der Waals surface area contributed by atoms with E-state index in [-0.39, 0.29) is 11.8 Å². The zero-order chi connectivity index (χ0) is 13.1. The second-order valence-corrected chi connectivity index (χ2v) is 4.55. The molecule has 1 aromatic carbocycles. The maximum absolute atomic E-state index is 13.3. The van der Waals surface area contributed by atoms with Gasteiger partial charge >= 0.3 is 0 Å². The number of rotatable bonds is 3. The Morgan fingerprint density at radius 1 is 1.44 bits per heavy atom. The van der Waals surface area contributed by atoms with E-state index in [9.17, 15) is 14.0 Å². The highest BCUT2D eigenvalue weighted by molar-refractivity contribution is 5.79. The Morgan fingerprint density at radius 2 is 2.22 bits per heavy atom. The largest absolute Gasteiger partial charge is 0.371 e. The number of nitrogens with two attached hydrogens (primary N) is 1. The summed E-state index contributed by atoms with van der Waals surface area (Å²) < 4.78 is 13.3. The lowest BCUT2D eigenvalue weighted by Crippen LogP contribution is -2.41. The number of halogens is 1. The molecular formula is C13H15FN2O2. The molecule has 1 fully saturated rings. The fourth-order valence-electron chi connectivity index (χ4n) is 2.29. The van der Waals surface area contributed by atoms with Gasteiger partial charge in [0.15, 0.2) is 0 Å². The van der Waals surface area contributed by atoms with Gasteiger partial charge in [-0.05, 0) is 31.0 Å². The zero-order valence-corrected chi connectivity index (χ0v) is 9.93. The highest BCUT2D eigenvalue weighted by atomic mass is 19.1. The van der Waals surface area contributed by atoms with Gasteiger partial charge in [0.2, 0.25) is 5.91 Å². The Kier molecular flexibility index (Phi) is 3.60. The van der Waals surface area contributed by atoms with E-state index in [1.54, 1.807) is 6.07 Å². The lowest BCUT2D eigenvalue weighted by atomic mass is 9.97. The minimum absolute atomic E-state index is 0.207. The third-order valence-electron chi connectivity index (χ3n) is 3.23. The molecule has 1 aromatic rings. The minimum Gasteiger partial charge on any atom is -0.371 e. The number of piperidine rings is 1. The van der Waals surface area contributed by atoms with Gasteiger partial charge in [0, 0.05) is 24.3 Å². The van der Waals surface area contributed by atoms with Crippen LogP contribution >= 0.6 is 0 Å². The number of hydrogen-bond acceptors (Lipinski definition) is 3. The summed E-state index contributed by atoms with van der Waals surface area (Å²) in [5.74, 6) is -0.982. The van der Waals surface area contributed by atoms with Crippen LogP contribution in [0.25, 0.3) is 0 Å². The monoisotopic (exact) mass is 250 g/mol. The van der Waals surface area contributed by atoms with E-state index < -0.39 is 5.82 Å². The SMILES string of the molecule is NC(=O)C1CCCN(c2cc(F)cc(C=O)c2)C1. The Labute approximate surface area is 105 Å². The molecular weight excluding hydrogens is 235 g/mol. The van der Waals surface area contributed by atoms with Crippen LogP contribution in [0.15, 0.2) is 18.2 Å². The van der Waals surface area contributed by atoms with E-state index in [4.69, 9.17) is 5.73 Å². The first kappa shape index (κ1) is 12.5. The Hall–Kier alpha value is -1.91. The van der Waals surface area contributed by atoms with Crippen LogP contribution in [-0.4, -0.2) is 25.3 Å². The molecule has 0 saturated carbocycles. The lowest BCUT2D eigenvalue weighted by Gasteiger charge is -2.33. The molecule has 0 aliphatic carbocycles. The topological polar surface area (TPSA) is 63.4 Å². The number of aldehydes is 1. The third-order valence-corrected chi connectivity index (χ3v) is 3.23. The number of carbonyl (C=O) groups excluding carboxylic acids is 2. The number of nitrogens with zero attached hydrogens (tertiary/aromatic N) is 1. The molecule has 0 spiro atoms. The molecule has 1 aliphatic heterocycles. The van der Waals surface area contributed by atoms with Crippen molar-refractivity contribution in [3.05, 3.63) is 29.6 Å². The molecule has 0 bridgehead atoms. The Morgan fingerprint density at radius 3 is 2.89 bits per heavy atom. The van der Waals surface area contributed by atoms with Gasteiger partial charge in [0.25, 0.3) is 0 Å². The van der Waals surface area contributed by atoms with E-state index in [0.717, 1.165) is 19.4 Å². The van der Waals surface area contributed by atoms with E-state index in [1.165, 1.54) is 12.1 Å². The lowest BCUT2D eigenvalue weighted by molar-refractivity contribution is -0.122. The second kappa shape index (κ2) is 5.16. The van der Waals surface area contributed by atoms with Crippen LogP contribution in [0.1, 0.15) is 23.2 Å². The molecule has 2 N–H and O–H groups in total. The second-order valence-electron chi connectivity index (χ2n) is 4.55. The smallest absolute Gasteiger partial charge is 0.222 e. The van der Waals surface area contributed by atoms with Crippen molar-refractivity contribution in [1.82, 2.24) is 0 Å². The van der Waals surface area contributed by atoms with Crippen molar-refractivity contribution in [2.75, 3.05) is 18.0 Å². The molecule has 5 heteroatoms. The highest BCUT2D eigenvalue weighted by Crippen LogP contribution is 2.24. The number of carbonyl (C=O) groups is 2. The van der Waals surface area contributed by atoms with Gasteiger partial charge in [-0.3, -0.25) is 9.59 Å². The molecule has 1 unspecified atom stereocenters. The first-order valence-corrected chi connectivity index (χ1v) is 5.90. The van der Waals surface area contributed by atoms with Gasteiger partial charge in [-0.15, -0.1) is 0 Å². The predicted molar refractivity (Wildman–Crippen MR) is 65.9 cm³/mol. The molecule has 2 rings (SSSR count). The maximum atomic E-state index is 13.3. The van der Waals surface area contributed by atoms with Gasteiger partial charge in [-0.1, -0.05) is 0 Å². The number of amides is 1. The number of anilines is 1. The average molecular weight is 250 g/mol. The van der Waals surface area contributed by atoms with Crippen LogP contribution in [0, 0.1) is 11.7 Å². The standard InChI is InChI=1S/C13H15FN2O2/c14-11-4-9(8-17)5-12(6-11)16-3-1-2-10(7-16)13(15)18/h4-6,8,10H,1-3,7H2,(H2,15,18). The zero-order valence-electron chi connectivity index (χ0n) is 9.93. The number of hydrogen-bond donors (Lipinski definition) is 1. The van der Waals surface area contributed by atoms with Crippen molar-refractivity contribution in [3.63, 3.8) is 0 Å². The van der Waals surface area contributed by atoms with Crippen LogP contribution in [0.3, 0.4) is 0 Å². The van der Waals surface area contributed by atoms with Crippen molar-refractivity contribution in [2.45, 2.75) is 12.8 Å². The Balaban J connectivity index is 2.22. The van der Waals surface area contributed by atoms with Crippen molar-refractivity contribution >= 4 is 17.9 Å². The number of primary amides is 1. The summed E-state index contributed by atoms with van der Waals surface area (Å²) in [5.41, 5.74) is 6.22. The van der Waals surface area contributed by atoms with Crippen LogP contribution in [-0.2, 0) is 4.79 Å². The molecule has 18 heavy (non-hydrogen) atoms. The summed E-state index contributed by atoms with van der Waals surface area (Å²) in [4.78, 5) is 23.8. The van der Waals surface area contributed by atoms with Crippen LogP contribution < -0.4 is 10.6 Å². The average Bonchev–Trinajstić information content (AvgIpc) is 2.38. The van der Waals surface area contributed by atoms with Crippen molar-refractivity contribution in [1.29, 1.82) is 0 Å². The molecule has 1 atom stereocenters. The molecule has 4 nitrogen and oxygen atoms in total. The van der Waals surface area contributed by atoms with Gasteiger partial charge in [-0.2, -0.15) is 0 Å². The van der Waals surface area contributed by atoms with Crippen molar-refractivity contribution < 1.29 is 14.0 Å². The quantitative estimate of drug-likeness (QED) is 0.823. The maximum Gasteiger partial charge on any atom is 0.222 e. The minimum atomic E-state index is -0.448. The molecule has 1 amide bonds. The van der Waals surface area contributed by atoms with Gasteiger partial charge in [-0.25, -0.2) is 4.39 Å². The fourth-order valence-corrected chi connectivity index (χ4v) is 2.29. The van der Waals surface area contributed by atoms with Gasteiger partial charge in [0.1, 0.15) is 12.1 Å². The third kappa shape index (κ3) is 2.67. The Bertz CT molecular complexity index is 476. The predicted octanol–water partition coefficient (Wildman–Crippen LogP) is 1.34. The first-order valence-electron chi connectivity index (χ1n) is 5.90. The normalized spacial score (nSPS) is 19.6. The molecule has 1 saturated heterocycles. The molecule has 1 aliphatic rings. The van der Waals surface area contributed by atoms with E-state index in [2.05, 4.69) is 0 Å². The van der Waals surface area contributed by atoms with Crippen molar-refractivity contribution in [3.8, 4) is 0 Å². The van der Waals surface area contributed by atoms with Crippen LogP contribution in [0.4, 0.5) is 10.1 Å². The van der Waals surface area contributed by atoms with Crippen LogP contribution in [0.2, 0.25) is 0 Å². The summed E-state index contributed by atoms with van der Waals surface area (Å²) in [6, 6.07) is 4.18. The molecule has 1 heterocycles. The summed E-state index contributed by atoms with van der Waals surface area (Å²) in [6.45, 7) is 1.22. The molecule has 0 aromatic heterocycles. The molecule has 0 radical (unpaired) electrons. The highest BCUT2D eigenvalue weighted by Gasteiger charge is 2.24. The van der Waals surface area contributed by atoms with Crippen LogP contribution in [0.5, 0.6) is 0 Å². The van der Waals surface area contributed by atoms with E-state index in [0.29, 0.717) is 24.1 Å². The van der Waals surface area contributed by atoms with E-state index >= 15 is 0 Å².